The first-order valence-electron chi connectivity index (χ1n) is 7.42. The summed E-state index contributed by atoms with van der Waals surface area (Å²) in [5.41, 5.74) is 2.69. The zero-order chi connectivity index (χ0) is 15.6. The minimum absolute atomic E-state index is 0.0230. The lowest BCUT2D eigenvalue weighted by molar-refractivity contribution is 0.0832. The normalized spacial score (nSPS) is 15.7. The van der Waals surface area contributed by atoms with Gasteiger partial charge in [0, 0.05) is 5.56 Å². The molecular formula is C18H24O3. The standard InChI is InChI=1S/C18H24O3/c1-12(2)9-11-20-17-14(13(3)19)6-7-16-15(17)8-10-18(4,5)21-16/h6-7,9H,8,10-11H2,1-5H3. The number of carbonyl (C=O) groups excluding carboxylic acids is 1. The van der Waals surface area contributed by atoms with Crippen LogP contribution in [0.4, 0.5) is 0 Å². The first-order chi connectivity index (χ1) is 9.80. The van der Waals surface area contributed by atoms with Crippen LogP contribution >= 0.6 is 0 Å². The van der Waals surface area contributed by atoms with Crippen molar-refractivity contribution < 1.29 is 14.3 Å². The van der Waals surface area contributed by atoms with Crippen LogP contribution in [0.3, 0.4) is 0 Å². The van der Waals surface area contributed by atoms with Crippen molar-refractivity contribution in [3.05, 3.63) is 34.9 Å². The zero-order valence-corrected chi connectivity index (χ0v) is 13.6. The molecule has 0 bridgehead atoms. The fourth-order valence-electron chi connectivity index (χ4n) is 2.45. The van der Waals surface area contributed by atoms with Crippen molar-refractivity contribution in [2.75, 3.05) is 6.61 Å². The minimum atomic E-state index is -0.165. The zero-order valence-electron chi connectivity index (χ0n) is 13.6. The maximum absolute atomic E-state index is 11.8. The molecule has 3 heteroatoms. The Morgan fingerprint density at radius 1 is 1.33 bits per heavy atom. The van der Waals surface area contributed by atoms with Gasteiger partial charge in [0.1, 0.15) is 23.7 Å². The Morgan fingerprint density at radius 3 is 2.67 bits per heavy atom. The van der Waals surface area contributed by atoms with E-state index in [0.717, 1.165) is 24.2 Å². The van der Waals surface area contributed by atoms with Gasteiger partial charge in [0.2, 0.25) is 0 Å². The first kappa shape index (κ1) is 15.6. The van der Waals surface area contributed by atoms with Crippen LogP contribution in [-0.2, 0) is 6.42 Å². The molecule has 0 radical (unpaired) electrons. The SMILES string of the molecule is CC(=O)c1ccc2c(c1OCC=C(C)C)CCC(C)(C)O2. The second-order valence-corrected chi connectivity index (χ2v) is 6.43. The number of fused-ring (bicyclic) bond motifs is 1. The van der Waals surface area contributed by atoms with Gasteiger partial charge in [-0.05, 0) is 65.7 Å². The first-order valence-corrected chi connectivity index (χ1v) is 7.42. The average molecular weight is 288 g/mol. The van der Waals surface area contributed by atoms with Crippen molar-refractivity contribution in [3.63, 3.8) is 0 Å². The molecule has 0 saturated heterocycles. The van der Waals surface area contributed by atoms with E-state index in [0.29, 0.717) is 17.9 Å². The third-order valence-corrected chi connectivity index (χ3v) is 3.68. The lowest BCUT2D eigenvalue weighted by Gasteiger charge is -2.33. The van der Waals surface area contributed by atoms with Crippen LogP contribution in [0.15, 0.2) is 23.8 Å². The molecule has 3 nitrogen and oxygen atoms in total. The van der Waals surface area contributed by atoms with E-state index in [-0.39, 0.29) is 11.4 Å². The second kappa shape index (κ2) is 5.92. The van der Waals surface area contributed by atoms with Crippen molar-refractivity contribution in [2.45, 2.75) is 53.1 Å². The predicted molar refractivity (Wildman–Crippen MR) is 84.4 cm³/mol. The number of hydrogen-bond donors (Lipinski definition) is 0. The molecule has 0 spiro atoms. The van der Waals surface area contributed by atoms with E-state index in [4.69, 9.17) is 9.47 Å². The molecule has 21 heavy (non-hydrogen) atoms. The average Bonchev–Trinajstić information content (AvgIpc) is 2.36. The molecule has 2 rings (SSSR count). The number of carbonyl (C=O) groups is 1. The van der Waals surface area contributed by atoms with Crippen LogP contribution in [0, 0.1) is 0 Å². The summed E-state index contributed by atoms with van der Waals surface area (Å²) < 4.78 is 11.9. The quantitative estimate of drug-likeness (QED) is 0.611. The predicted octanol–water partition coefficient (Wildman–Crippen LogP) is 4.34. The van der Waals surface area contributed by atoms with E-state index >= 15 is 0 Å². The van der Waals surface area contributed by atoms with E-state index < -0.39 is 0 Å². The molecule has 1 aromatic carbocycles. The Kier molecular flexibility index (Phi) is 4.40. The van der Waals surface area contributed by atoms with Crippen LogP contribution in [-0.4, -0.2) is 18.0 Å². The summed E-state index contributed by atoms with van der Waals surface area (Å²) >= 11 is 0. The summed E-state index contributed by atoms with van der Waals surface area (Å²) in [4.78, 5) is 11.8. The molecule has 0 saturated carbocycles. The highest BCUT2D eigenvalue weighted by atomic mass is 16.5. The van der Waals surface area contributed by atoms with Crippen LogP contribution in [0.25, 0.3) is 0 Å². The summed E-state index contributed by atoms with van der Waals surface area (Å²) in [6.45, 7) is 10.3. The molecule has 0 aromatic heterocycles. The number of ketones is 1. The highest BCUT2D eigenvalue weighted by Crippen LogP contribution is 2.40. The third kappa shape index (κ3) is 3.66. The Labute approximate surface area is 127 Å². The van der Waals surface area contributed by atoms with Gasteiger partial charge in [0.05, 0.1) is 5.56 Å². The van der Waals surface area contributed by atoms with Crippen LogP contribution in [0.5, 0.6) is 11.5 Å². The molecule has 1 aliphatic rings. The lowest BCUT2D eigenvalue weighted by atomic mass is 9.92. The highest BCUT2D eigenvalue weighted by Gasteiger charge is 2.30. The van der Waals surface area contributed by atoms with Gasteiger partial charge >= 0.3 is 0 Å². The summed E-state index contributed by atoms with van der Waals surface area (Å²) in [7, 11) is 0. The van der Waals surface area contributed by atoms with E-state index in [1.54, 1.807) is 13.0 Å². The second-order valence-electron chi connectivity index (χ2n) is 6.43. The monoisotopic (exact) mass is 288 g/mol. The maximum Gasteiger partial charge on any atom is 0.163 e. The number of allylic oxidation sites excluding steroid dienone is 1. The lowest BCUT2D eigenvalue weighted by Crippen LogP contribution is -2.33. The molecule has 0 unspecified atom stereocenters. The van der Waals surface area contributed by atoms with E-state index in [1.165, 1.54) is 5.57 Å². The fraction of sp³-hybridized carbons (Fsp3) is 0.500. The maximum atomic E-state index is 11.8. The van der Waals surface area contributed by atoms with Crippen molar-refractivity contribution in [3.8, 4) is 11.5 Å². The van der Waals surface area contributed by atoms with Gasteiger partial charge in [0.15, 0.2) is 5.78 Å². The Bertz CT molecular complexity index is 578. The summed E-state index contributed by atoms with van der Waals surface area (Å²) in [6, 6.07) is 3.70. The molecule has 0 N–H and O–H groups in total. The van der Waals surface area contributed by atoms with E-state index in [1.807, 2.05) is 26.0 Å². The molecule has 1 heterocycles. The minimum Gasteiger partial charge on any atom is -0.488 e. The number of benzene rings is 1. The van der Waals surface area contributed by atoms with Crippen molar-refractivity contribution in [2.24, 2.45) is 0 Å². The van der Waals surface area contributed by atoms with Gasteiger partial charge in [-0.25, -0.2) is 0 Å². The van der Waals surface area contributed by atoms with Crippen molar-refractivity contribution in [1.82, 2.24) is 0 Å². The Morgan fingerprint density at radius 2 is 2.05 bits per heavy atom. The van der Waals surface area contributed by atoms with Crippen LogP contribution < -0.4 is 9.47 Å². The van der Waals surface area contributed by atoms with Crippen molar-refractivity contribution in [1.29, 1.82) is 0 Å². The number of Topliss-reactive ketones (excluding diaryl/α,β-unsaturated/α-hetero) is 1. The van der Waals surface area contributed by atoms with Gasteiger partial charge < -0.3 is 9.47 Å². The Balaban J connectivity index is 2.39. The molecule has 1 aliphatic heterocycles. The Hall–Kier alpha value is -1.77. The molecule has 0 amide bonds. The van der Waals surface area contributed by atoms with E-state index in [9.17, 15) is 4.79 Å². The van der Waals surface area contributed by atoms with Crippen molar-refractivity contribution >= 4 is 5.78 Å². The topological polar surface area (TPSA) is 35.5 Å². The van der Waals surface area contributed by atoms with Gasteiger partial charge in [-0.15, -0.1) is 0 Å². The molecule has 0 atom stereocenters. The smallest absolute Gasteiger partial charge is 0.163 e. The summed E-state index contributed by atoms with van der Waals surface area (Å²) in [5.74, 6) is 1.55. The number of rotatable bonds is 4. The number of ether oxygens (including phenoxy) is 2. The highest BCUT2D eigenvalue weighted by molar-refractivity contribution is 5.97. The molecule has 0 aliphatic carbocycles. The number of hydrogen-bond acceptors (Lipinski definition) is 3. The van der Waals surface area contributed by atoms with Crippen LogP contribution in [0.2, 0.25) is 0 Å². The summed E-state index contributed by atoms with van der Waals surface area (Å²) in [5, 5.41) is 0. The molecular weight excluding hydrogens is 264 g/mol. The third-order valence-electron chi connectivity index (χ3n) is 3.68. The van der Waals surface area contributed by atoms with Gasteiger partial charge in [-0.1, -0.05) is 5.57 Å². The van der Waals surface area contributed by atoms with Gasteiger partial charge in [0.25, 0.3) is 0 Å². The fourth-order valence-corrected chi connectivity index (χ4v) is 2.45. The molecule has 0 fully saturated rings. The largest absolute Gasteiger partial charge is 0.488 e. The van der Waals surface area contributed by atoms with E-state index in [2.05, 4.69) is 13.8 Å². The molecule has 1 aromatic rings. The molecule has 114 valence electrons. The van der Waals surface area contributed by atoms with Gasteiger partial charge in [-0.3, -0.25) is 4.79 Å². The van der Waals surface area contributed by atoms with Gasteiger partial charge in [-0.2, -0.15) is 0 Å². The summed E-state index contributed by atoms with van der Waals surface area (Å²) in [6.07, 6.45) is 3.80. The van der Waals surface area contributed by atoms with Crippen LogP contribution in [0.1, 0.15) is 57.0 Å².